The van der Waals surface area contributed by atoms with E-state index in [1.54, 1.807) is 0 Å². The first-order valence-electron chi connectivity index (χ1n) is 7.46. The molecule has 0 radical (unpaired) electrons. The van der Waals surface area contributed by atoms with Crippen LogP contribution < -0.4 is 0 Å². The maximum absolute atomic E-state index is 4.58. The average molecular weight is 301 g/mol. The molecule has 1 saturated heterocycles. The Kier molecular flexibility index (Phi) is 3.02. The highest BCUT2D eigenvalue weighted by Gasteiger charge is 2.33. The maximum atomic E-state index is 4.58. The van der Waals surface area contributed by atoms with Gasteiger partial charge in [0.2, 0.25) is 0 Å². The summed E-state index contributed by atoms with van der Waals surface area (Å²) in [4.78, 5) is 11.5. The summed E-state index contributed by atoms with van der Waals surface area (Å²) in [5.74, 6) is 1.25. The second kappa shape index (κ2) is 4.79. The zero-order chi connectivity index (χ0) is 14.6. The fourth-order valence-electron chi connectivity index (χ4n) is 3.69. The minimum Gasteiger partial charge on any atom is -0.316 e. The number of hydrogen-bond acceptors (Lipinski definition) is 3. The maximum Gasteiger partial charge on any atom is 0.160 e. The van der Waals surface area contributed by atoms with E-state index in [0.29, 0.717) is 11.8 Å². The van der Waals surface area contributed by atoms with Gasteiger partial charge in [0.05, 0.1) is 11.7 Å². The van der Waals surface area contributed by atoms with Crippen LogP contribution in [0.5, 0.6) is 0 Å². The van der Waals surface area contributed by atoms with Gasteiger partial charge in [-0.15, -0.1) is 0 Å². The quantitative estimate of drug-likeness (QED) is 0.682. The molecule has 1 aliphatic heterocycles. The van der Waals surface area contributed by atoms with E-state index in [1.807, 2.05) is 22.9 Å². The summed E-state index contributed by atoms with van der Waals surface area (Å²) in [7, 11) is 4.90. The summed E-state index contributed by atoms with van der Waals surface area (Å²) >= 11 is 0. The lowest BCUT2D eigenvalue weighted by Crippen LogP contribution is -2.14. The standard InChI is InChI=1S/C15H20N5P/c1-3-10-8-18(2)9-11(10)13-6-16-14-7-17-15-12(20(13)14)4-5-19(15)21/h4-7,10-11H,3,8-9,21H2,1-2H3/t10-,11+/m1/s1. The highest BCUT2D eigenvalue weighted by molar-refractivity contribution is 7.14. The second-order valence-electron chi connectivity index (χ2n) is 6.06. The van der Waals surface area contributed by atoms with Crippen molar-refractivity contribution in [2.75, 3.05) is 20.1 Å². The van der Waals surface area contributed by atoms with Crippen molar-refractivity contribution in [3.63, 3.8) is 0 Å². The van der Waals surface area contributed by atoms with Gasteiger partial charge in [0, 0.05) is 37.1 Å². The van der Waals surface area contributed by atoms with Crippen molar-refractivity contribution in [2.45, 2.75) is 19.3 Å². The number of hydrogen-bond donors (Lipinski definition) is 0. The Balaban J connectivity index is 1.95. The van der Waals surface area contributed by atoms with Gasteiger partial charge in [-0.25, -0.2) is 9.97 Å². The average Bonchev–Trinajstić information content (AvgIpc) is 3.15. The molecule has 6 heteroatoms. The van der Waals surface area contributed by atoms with Crippen molar-refractivity contribution in [3.8, 4) is 0 Å². The Morgan fingerprint density at radius 2 is 2.14 bits per heavy atom. The van der Waals surface area contributed by atoms with E-state index >= 15 is 0 Å². The van der Waals surface area contributed by atoms with Crippen molar-refractivity contribution in [1.82, 2.24) is 23.6 Å². The van der Waals surface area contributed by atoms with Crippen LogP contribution in [0.25, 0.3) is 16.8 Å². The molecule has 0 bridgehead atoms. The minimum atomic E-state index is 0.549. The number of likely N-dealkylation sites (N-methyl/N-ethyl adjacent to an activating group) is 1. The van der Waals surface area contributed by atoms with Crippen LogP contribution in [0.1, 0.15) is 25.0 Å². The van der Waals surface area contributed by atoms with Gasteiger partial charge in [0.15, 0.2) is 11.3 Å². The van der Waals surface area contributed by atoms with Crippen molar-refractivity contribution < 1.29 is 0 Å². The molecular weight excluding hydrogens is 281 g/mol. The van der Waals surface area contributed by atoms with Crippen molar-refractivity contribution >= 4 is 26.2 Å². The van der Waals surface area contributed by atoms with E-state index in [4.69, 9.17) is 0 Å². The smallest absolute Gasteiger partial charge is 0.160 e. The molecule has 1 aliphatic rings. The lowest BCUT2D eigenvalue weighted by molar-refractivity contribution is 0.392. The Hall–Kier alpha value is -1.45. The molecule has 3 aromatic rings. The van der Waals surface area contributed by atoms with Crippen molar-refractivity contribution in [3.05, 3.63) is 30.4 Å². The van der Waals surface area contributed by atoms with E-state index in [0.717, 1.165) is 23.4 Å². The summed E-state index contributed by atoms with van der Waals surface area (Å²) in [6, 6.07) is 2.12. The first-order chi connectivity index (χ1) is 10.2. The molecule has 5 nitrogen and oxygen atoms in total. The summed E-state index contributed by atoms with van der Waals surface area (Å²) in [5, 5.41) is 0. The molecule has 0 aromatic carbocycles. The van der Waals surface area contributed by atoms with Crippen LogP contribution in [-0.2, 0) is 0 Å². The van der Waals surface area contributed by atoms with Gasteiger partial charge in [-0.1, -0.05) is 13.3 Å². The number of rotatable bonds is 2. The van der Waals surface area contributed by atoms with E-state index in [-0.39, 0.29) is 0 Å². The van der Waals surface area contributed by atoms with E-state index in [1.165, 1.54) is 18.7 Å². The van der Waals surface area contributed by atoms with Gasteiger partial charge in [0.25, 0.3) is 0 Å². The van der Waals surface area contributed by atoms with Crippen LogP contribution in [0.3, 0.4) is 0 Å². The highest BCUT2D eigenvalue weighted by atomic mass is 31.0. The van der Waals surface area contributed by atoms with Crippen LogP contribution in [0.2, 0.25) is 0 Å². The number of aromatic nitrogens is 4. The fraction of sp³-hybridized carbons (Fsp3) is 0.467. The number of fused-ring (bicyclic) bond motifs is 3. The lowest BCUT2D eigenvalue weighted by Gasteiger charge is -2.16. The monoisotopic (exact) mass is 301 g/mol. The summed E-state index contributed by atoms with van der Waals surface area (Å²) in [6.45, 7) is 4.57. The third kappa shape index (κ3) is 1.91. The predicted molar refractivity (Wildman–Crippen MR) is 87.6 cm³/mol. The molecule has 0 saturated carbocycles. The zero-order valence-corrected chi connectivity index (χ0v) is 13.6. The molecule has 4 heterocycles. The molecule has 0 spiro atoms. The van der Waals surface area contributed by atoms with Crippen LogP contribution in [-0.4, -0.2) is 43.7 Å². The molecule has 0 amide bonds. The van der Waals surface area contributed by atoms with Crippen LogP contribution in [0.15, 0.2) is 24.7 Å². The molecule has 3 aromatic heterocycles. The van der Waals surface area contributed by atoms with E-state index in [2.05, 4.69) is 48.7 Å². The summed E-state index contributed by atoms with van der Waals surface area (Å²) < 4.78 is 4.27. The van der Waals surface area contributed by atoms with E-state index in [9.17, 15) is 0 Å². The molecule has 0 aliphatic carbocycles. The van der Waals surface area contributed by atoms with Crippen LogP contribution >= 0.6 is 9.39 Å². The third-order valence-corrected chi connectivity index (χ3v) is 5.17. The molecule has 0 N–H and O–H groups in total. The first kappa shape index (κ1) is 13.2. The van der Waals surface area contributed by atoms with Crippen molar-refractivity contribution in [2.24, 2.45) is 5.92 Å². The Morgan fingerprint density at radius 3 is 2.95 bits per heavy atom. The summed E-state index contributed by atoms with van der Waals surface area (Å²) in [6.07, 6.45) is 7.15. The van der Waals surface area contributed by atoms with Gasteiger partial charge < -0.3 is 9.24 Å². The lowest BCUT2D eigenvalue weighted by atomic mass is 9.91. The van der Waals surface area contributed by atoms with Crippen LogP contribution in [0, 0.1) is 5.92 Å². The largest absolute Gasteiger partial charge is 0.316 e. The minimum absolute atomic E-state index is 0.549. The van der Waals surface area contributed by atoms with Gasteiger partial charge in [-0.05, 0) is 28.4 Å². The highest BCUT2D eigenvalue weighted by Crippen LogP contribution is 2.35. The first-order valence-corrected chi connectivity index (χ1v) is 7.97. The number of nitrogens with zero attached hydrogens (tertiary/aromatic N) is 5. The van der Waals surface area contributed by atoms with Gasteiger partial charge >= 0.3 is 0 Å². The van der Waals surface area contributed by atoms with Gasteiger partial charge in [0.1, 0.15) is 0 Å². The third-order valence-electron chi connectivity index (χ3n) is 4.75. The molecule has 1 fully saturated rings. The van der Waals surface area contributed by atoms with Gasteiger partial charge in [-0.3, -0.25) is 4.40 Å². The molecule has 1 unspecified atom stereocenters. The SMILES string of the molecule is CC[C@@H]1CN(C)C[C@@H]1c1cnc2cnc3c(ccn3P)n12. The summed E-state index contributed by atoms with van der Waals surface area (Å²) in [5.41, 5.74) is 4.38. The Bertz CT molecular complexity index is 805. The van der Waals surface area contributed by atoms with Gasteiger partial charge in [-0.2, -0.15) is 0 Å². The number of imidazole rings is 1. The van der Waals surface area contributed by atoms with E-state index < -0.39 is 0 Å². The molecule has 4 rings (SSSR count). The normalized spacial score (nSPS) is 23.6. The second-order valence-corrected chi connectivity index (χ2v) is 6.62. The Morgan fingerprint density at radius 1 is 1.29 bits per heavy atom. The molecule has 3 atom stereocenters. The van der Waals surface area contributed by atoms with Crippen LogP contribution in [0.4, 0.5) is 0 Å². The fourth-order valence-corrected chi connectivity index (χ4v) is 3.97. The topological polar surface area (TPSA) is 38.4 Å². The number of likely N-dealkylation sites (tertiary alicyclic amines) is 1. The molecule has 21 heavy (non-hydrogen) atoms. The zero-order valence-electron chi connectivity index (χ0n) is 12.4. The molecule has 110 valence electrons. The van der Waals surface area contributed by atoms with Crippen molar-refractivity contribution in [1.29, 1.82) is 0 Å². The Labute approximate surface area is 126 Å². The predicted octanol–water partition coefficient (Wildman–Crippen LogP) is 2.38. The molecular formula is C15H20N5P.